The first-order valence-electron chi connectivity index (χ1n) is 11.6. The van der Waals surface area contributed by atoms with E-state index in [9.17, 15) is 9.59 Å². The molecular formula is C27H38N2O3S. The van der Waals surface area contributed by atoms with Gasteiger partial charge in [0.15, 0.2) is 0 Å². The fraction of sp³-hybridized carbons (Fsp3) is 0.481. The number of carbonyl (C=O) groups excluding carboxylic acids is 2. The second kappa shape index (κ2) is 13.3. The minimum atomic E-state index is -0.504. The van der Waals surface area contributed by atoms with E-state index in [1.165, 1.54) is 16.7 Å². The van der Waals surface area contributed by atoms with Crippen LogP contribution >= 0.6 is 11.8 Å². The number of nitrogens with one attached hydrogen (secondary N) is 1. The standard InChI is InChI=1S/C27H38N2O3S/c1-7-21(5)28-27(31)25(8-2)29(16-22-9-11-24(32-6)12-10-22)26(30)18-33-17-23-14-19(3)13-20(4)15-23/h9-15,21,25H,7-8,16-18H2,1-6H3,(H,28,31)/t21-,25-/m1/s1. The molecule has 0 radical (unpaired) electrons. The summed E-state index contributed by atoms with van der Waals surface area (Å²) >= 11 is 1.59. The van der Waals surface area contributed by atoms with E-state index in [0.717, 1.165) is 23.5 Å². The Hall–Kier alpha value is -2.47. The van der Waals surface area contributed by atoms with Crippen molar-refractivity contribution in [3.63, 3.8) is 0 Å². The summed E-state index contributed by atoms with van der Waals surface area (Å²) in [4.78, 5) is 28.1. The second-order valence-corrected chi connectivity index (χ2v) is 9.59. The van der Waals surface area contributed by atoms with E-state index in [0.29, 0.717) is 18.7 Å². The quantitative estimate of drug-likeness (QED) is 0.459. The number of carbonyl (C=O) groups is 2. The number of benzene rings is 2. The van der Waals surface area contributed by atoms with Crippen molar-refractivity contribution in [2.24, 2.45) is 0 Å². The first kappa shape index (κ1) is 26.8. The molecule has 0 aliphatic heterocycles. The number of ether oxygens (including phenoxy) is 1. The van der Waals surface area contributed by atoms with E-state index in [2.05, 4.69) is 37.4 Å². The molecule has 0 heterocycles. The summed E-state index contributed by atoms with van der Waals surface area (Å²) in [6.07, 6.45) is 1.41. The van der Waals surface area contributed by atoms with Gasteiger partial charge in [-0.05, 0) is 56.9 Å². The molecular weight excluding hydrogens is 432 g/mol. The van der Waals surface area contributed by atoms with Crippen LogP contribution in [-0.2, 0) is 21.9 Å². The van der Waals surface area contributed by atoms with Gasteiger partial charge in [0.05, 0.1) is 12.9 Å². The lowest BCUT2D eigenvalue weighted by molar-refractivity contribution is -0.139. The Morgan fingerprint density at radius 3 is 2.18 bits per heavy atom. The minimum Gasteiger partial charge on any atom is -0.497 e. The van der Waals surface area contributed by atoms with Crippen LogP contribution in [0.15, 0.2) is 42.5 Å². The summed E-state index contributed by atoms with van der Waals surface area (Å²) in [5.74, 6) is 1.75. The van der Waals surface area contributed by atoms with Gasteiger partial charge < -0.3 is 15.0 Å². The molecule has 0 spiro atoms. The average Bonchev–Trinajstić information content (AvgIpc) is 2.78. The highest BCUT2D eigenvalue weighted by atomic mass is 32.2. The van der Waals surface area contributed by atoms with Crippen LogP contribution in [0.2, 0.25) is 0 Å². The van der Waals surface area contributed by atoms with Crippen molar-refractivity contribution in [1.82, 2.24) is 10.2 Å². The SMILES string of the molecule is CC[C@@H](C)NC(=O)[C@@H](CC)N(Cc1ccc(OC)cc1)C(=O)CSCc1cc(C)cc(C)c1. The Bertz CT molecular complexity index is 894. The van der Waals surface area contributed by atoms with Crippen LogP contribution in [0.3, 0.4) is 0 Å². The maximum Gasteiger partial charge on any atom is 0.243 e. The van der Waals surface area contributed by atoms with Crippen LogP contribution < -0.4 is 10.1 Å². The van der Waals surface area contributed by atoms with E-state index in [1.807, 2.05) is 45.0 Å². The Labute approximate surface area is 203 Å². The third kappa shape index (κ3) is 8.43. The van der Waals surface area contributed by atoms with E-state index in [-0.39, 0.29) is 17.9 Å². The van der Waals surface area contributed by atoms with Crippen molar-refractivity contribution in [3.05, 3.63) is 64.7 Å². The molecule has 0 bridgehead atoms. The minimum absolute atomic E-state index is 0.0219. The van der Waals surface area contributed by atoms with Gasteiger partial charge in [0.25, 0.3) is 0 Å². The molecule has 6 heteroatoms. The lowest BCUT2D eigenvalue weighted by Gasteiger charge is -2.31. The largest absolute Gasteiger partial charge is 0.497 e. The Kier molecular flexibility index (Phi) is 10.8. The predicted octanol–water partition coefficient (Wildman–Crippen LogP) is 5.27. The smallest absolute Gasteiger partial charge is 0.243 e. The van der Waals surface area contributed by atoms with Gasteiger partial charge in [-0.1, -0.05) is 55.3 Å². The molecule has 2 aromatic rings. The maximum absolute atomic E-state index is 13.4. The average molecular weight is 471 g/mol. The van der Waals surface area contributed by atoms with Crippen LogP contribution in [0.5, 0.6) is 5.75 Å². The number of nitrogens with zero attached hydrogens (tertiary/aromatic N) is 1. The summed E-state index contributed by atoms with van der Waals surface area (Å²) < 4.78 is 5.25. The third-order valence-corrected chi connectivity index (χ3v) is 6.66. The highest BCUT2D eigenvalue weighted by Crippen LogP contribution is 2.20. The van der Waals surface area contributed by atoms with Crippen LogP contribution in [0.1, 0.15) is 55.9 Å². The highest BCUT2D eigenvalue weighted by Gasteiger charge is 2.29. The number of aryl methyl sites for hydroxylation is 2. The van der Waals surface area contributed by atoms with Crippen molar-refractivity contribution >= 4 is 23.6 Å². The van der Waals surface area contributed by atoms with Gasteiger partial charge >= 0.3 is 0 Å². The van der Waals surface area contributed by atoms with Gasteiger partial charge in [0, 0.05) is 18.3 Å². The summed E-state index contributed by atoms with van der Waals surface area (Å²) in [5, 5.41) is 3.05. The van der Waals surface area contributed by atoms with Crippen molar-refractivity contribution in [2.75, 3.05) is 12.9 Å². The number of methoxy groups -OCH3 is 1. The van der Waals surface area contributed by atoms with Crippen LogP contribution in [0, 0.1) is 13.8 Å². The number of hydrogen-bond acceptors (Lipinski definition) is 4. The molecule has 2 amide bonds. The van der Waals surface area contributed by atoms with Crippen molar-refractivity contribution in [1.29, 1.82) is 0 Å². The van der Waals surface area contributed by atoms with Crippen molar-refractivity contribution in [3.8, 4) is 5.75 Å². The highest BCUT2D eigenvalue weighted by molar-refractivity contribution is 7.99. The molecule has 2 atom stereocenters. The first-order chi connectivity index (χ1) is 15.8. The molecule has 5 nitrogen and oxygen atoms in total. The Morgan fingerprint density at radius 2 is 1.64 bits per heavy atom. The lowest BCUT2D eigenvalue weighted by Crippen LogP contribution is -2.51. The zero-order valence-corrected chi connectivity index (χ0v) is 21.6. The second-order valence-electron chi connectivity index (χ2n) is 8.60. The fourth-order valence-corrected chi connectivity index (χ4v) is 4.62. The zero-order chi connectivity index (χ0) is 24.4. The van der Waals surface area contributed by atoms with E-state index >= 15 is 0 Å². The Balaban J connectivity index is 2.15. The monoisotopic (exact) mass is 470 g/mol. The van der Waals surface area contributed by atoms with E-state index in [4.69, 9.17) is 4.74 Å². The molecule has 0 saturated heterocycles. The van der Waals surface area contributed by atoms with Crippen molar-refractivity contribution in [2.45, 2.75) is 71.8 Å². The summed E-state index contributed by atoms with van der Waals surface area (Å²) in [5.41, 5.74) is 4.64. The lowest BCUT2D eigenvalue weighted by atomic mass is 10.1. The molecule has 0 aliphatic carbocycles. The molecule has 2 rings (SSSR count). The van der Waals surface area contributed by atoms with Crippen LogP contribution in [0.25, 0.3) is 0 Å². The zero-order valence-electron chi connectivity index (χ0n) is 20.8. The molecule has 180 valence electrons. The van der Waals surface area contributed by atoms with Gasteiger partial charge in [-0.3, -0.25) is 9.59 Å². The summed E-state index contributed by atoms with van der Waals surface area (Å²) in [7, 11) is 1.63. The molecule has 0 aromatic heterocycles. The maximum atomic E-state index is 13.4. The van der Waals surface area contributed by atoms with Gasteiger partial charge in [-0.15, -0.1) is 11.8 Å². The molecule has 1 N–H and O–H groups in total. The molecule has 2 aromatic carbocycles. The normalized spacial score (nSPS) is 12.7. The topological polar surface area (TPSA) is 58.6 Å². The number of hydrogen-bond donors (Lipinski definition) is 1. The number of amides is 2. The molecule has 0 unspecified atom stereocenters. The van der Waals surface area contributed by atoms with Gasteiger partial charge in [-0.2, -0.15) is 0 Å². The molecule has 0 aliphatic rings. The fourth-order valence-electron chi connectivity index (χ4n) is 3.78. The van der Waals surface area contributed by atoms with Gasteiger partial charge in [0.2, 0.25) is 11.8 Å². The first-order valence-corrected chi connectivity index (χ1v) is 12.8. The summed E-state index contributed by atoms with van der Waals surface area (Å²) in [6.45, 7) is 10.5. The Morgan fingerprint density at radius 1 is 1.00 bits per heavy atom. The molecule has 0 fully saturated rings. The molecule has 0 saturated carbocycles. The van der Waals surface area contributed by atoms with Crippen LogP contribution in [0.4, 0.5) is 0 Å². The van der Waals surface area contributed by atoms with Crippen LogP contribution in [-0.4, -0.2) is 41.7 Å². The van der Waals surface area contributed by atoms with E-state index < -0.39 is 6.04 Å². The van der Waals surface area contributed by atoms with Crippen molar-refractivity contribution < 1.29 is 14.3 Å². The van der Waals surface area contributed by atoms with E-state index in [1.54, 1.807) is 23.8 Å². The third-order valence-electron chi connectivity index (χ3n) is 5.67. The molecule has 33 heavy (non-hydrogen) atoms. The predicted molar refractivity (Wildman–Crippen MR) is 138 cm³/mol. The summed E-state index contributed by atoms with van der Waals surface area (Å²) in [6, 6.07) is 13.7. The number of rotatable bonds is 12. The van der Waals surface area contributed by atoms with Gasteiger partial charge in [0.1, 0.15) is 11.8 Å². The van der Waals surface area contributed by atoms with Gasteiger partial charge in [-0.25, -0.2) is 0 Å². The number of thioether (sulfide) groups is 1.